The van der Waals surface area contributed by atoms with Gasteiger partial charge in [-0.2, -0.15) is 0 Å². The number of ether oxygens (including phenoxy) is 1. The lowest BCUT2D eigenvalue weighted by Gasteiger charge is -2.20. The molecule has 1 unspecified atom stereocenters. The summed E-state index contributed by atoms with van der Waals surface area (Å²) in [6, 6.07) is 0. The quantitative estimate of drug-likeness (QED) is 0.571. The van der Waals surface area contributed by atoms with Gasteiger partial charge in [0.25, 0.3) is 5.91 Å². The molecule has 0 radical (unpaired) electrons. The maximum absolute atomic E-state index is 11.4. The average molecular weight is 206 g/mol. The van der Waals surface area contributed by atoms with Crippen LogP contribution in [0.3, 0.4) is 0 Å². The SMILES string of the molecule is COC(=O)C1=C2C(C=CN2C)C(=O)N=C1. The Hall–Kier alpha value is -1.91. The van der Waals surface area contributed by atoms with Crippen LogP contribution in [-0.2, 0) is 14.3 Å². The van der Waals surface area contributed by atoms with Crippen molar-refractivity contribution < 1.29 is 14.3 Å². The second-order valence-corrected chi connectivity index (χ2v) is 3.32. The molecule has 0 aromatic rings. The third-order valence-electron chi connectivity index (χ3n) is 2.44. The molecule has 1 amide bonds. The number of nitrogens with zero attached hydrogens (tertiary/aromatic N) is 2. The minimum Gasteiger partial charge on any atom is -0.465 e. The Balaban J connectivity index is 2.48. The van der Waals surface area contributed by atoms with Crippen molar-refractivity contribution in [1.82, 2.24) is 4.90 Å². The Morgan fingerprint density at radius 3 is 3.00 bits per heavy atom. The topological polar surface area (TPSA) is 59.0 Å². The first kappa shape index (κ1) is 9.64. The van der Waals surface area contributed by atoms with E-state index >= 15 is 0 Å². The van der Waals surface area contributed by atoms with Crippen molar-refractivity contribution in [1.29, 1.82) is 0 Å². The second kappa shape index (κ2) is 3.34. The monoisotopic (exact) mass is 206 g/mol. The van der Waals surface area contributed by atoms with E-state index in [9.17, 15) is 9.59 Å². The highest BCUT2D eigenvalue weighted by Gasteiger charge is 2.34. The molecule has 0 fully saturated rings. The summed E-state index contributed by atoms with van der Waals surface area (Å²) < 4.78 is 4.63. The van der Waals surface area contributed by atoms with Crippen LogP contribution in [0.5, 0.6) is 0 Å². The molecule has 2 rings (SSSR count). The number of carbonyl (C=O) groups is 2. The van der Waals surface area contributed by atoms with Gasteiger partial charge >= 0.3 is 5.97 Å². The van der Waals surface area contributed by atoms with Gasteiger partial charge in [0.15, 0.2) is 0 Å². The molecule has 0 aliphatic carbocycles. The van der Waals surface area contributed by atoms with Crippen molar-refractivity contribution in [2.24, 2.45) is 10.9 Å². The largest absolute Gasteiger partial charge is 0.465 e. The summed E-state index contributed by atoms with van der Waals surface area (Å²) in [6.45, 7) is 0. The Kier molecular flexibility index (Phi) is 2.15. The van der Waals surface area contributed by atoms with E-state index in [1.165, 1.54) is 13.3 Å². The van der Waals surface area contributed by atoms with Gasteiger partial charge in [-0.15, -0.1) is 0 Å². The molecule has 0 aromatic heterocycles. The normalized spacial score (nSPS) is 23.5. The van der Waals surface area contributed by atoms with Gasteiger partial charge in [0.1, 0.15) is 5.92 Å². The maximum Gasteiger partial charge on any atom is 0.341 e. The van der Waals surface area contributed by atoms with Crippen LogP contribution >= 0.6 is 0 Å². The van der Waals surface area contributed by atoms with Gasteiger partial charge in [-0.05, 0) is 6.08 Å². The first-order valence-electron chi connectivity index (χ1n) is 4.46. The lowest BCUT2D eigenvalue weighted by molar-refractivity contribution is -0.135. The van der Waals surface area contributed by atoms with Gasteiger partial charge in [0.05, 0.1) is 12.7 Å². The van der Waals surface area contributed by atoms with Gasteiger partial charge < -0.3 is 9.64 Å². The maximum atomic E-state index is 11.4. The zero-order valence-corrected chi connectivity index (χ0v) is 8.43. The van der Waals surface area contributed by atoms with E-state index in [0.717, 1.165) is 0 Å². The van der Waals surface area contributed by atoms with E-state index in [1.807, 2.05) is 0 Å². The summed E-state index contributed by atoms with van der Waals surface area (Å²) in [7, 11) is 3.08. The highest BCUT2D eigenvalue weighted by atomic mass is 16.5. The molecule has 78 valence electrons. The van der Waals surface area contributed by atoms with Gasteiger partial charge in [0, 0.05) is 25.2 Å². The summed E-state index contributed by atoms with van der Waals surface area (Å²) in [5.74, 6) is -1.16. The zero-order chi connectivity index (χ0) is 11.0. The van der Waals surface area contributed by atoms with Crippen molar-refractivity contribution in [2.45, 2.75) is 0 Å². The lowest BCUT2D eigenvalue weighted by atomic mass is 9.99. The minimum atomic E-state index is -0.471. The van der Waals surface area contributed by atoms with E-state index in [1.54, 1.807) is 24.2 Å². The summed E-state index contributed by atoms with van der Waals surface area (Å²) in [5, 5.41) is 0. The number of esters is 1. The molecule has 0 saturated carbocycles. The van der Waals surface area contributed by atoms with Crippen LogP contribution in [0.4, 0.5) is 0 Å². The number of amides is 1. The predicted octanol–water partition coefficient (Wildman–Crippen LogP) is 0.0998. The summed E-state index contributed by atoms with van der Waals surface area (Å²) in [4.78, 5) is 28.2. The highest BCUT2D eigenvalue weighted by molar-refractivity contribution is 6.15. The molecule has 0 N–H and O–H groups in total. The molecule has 1 atom stereocenters. The van der Waals surface area contributed by atoms with Crippen molar-refractivity contribution in [3.63, 3.8) is 0 Å². The molecule has 15 heavy (non-hydrogen) atoms. The molecule has 0 spiro atoms. The number of hydrogen-bond acceptors (Lipinski definition) is 4. The van der Waals surface area contributed by atoms with Gasteiger partial charge in [-0.1, -0.05) is 0 Å². The fourth-order valence-electron chi connectivity index (χ4n) is 1.70. The van der Waals surface area contributed by atoms with Crippen LogP contribution in [0.15, 0.2) is 28.5 Å². The molecule has 2 aliphatic heterocycles. The van der Waals surface area contributed by atoms with Gasteiger partial charge in [-0.25, -0.2) is 9.79 Å². The molecule has 0 aromatic carbocycles. The van der Waals surface area contributed by atoms with Crippen LogP contribution in [0.1, 0.15) is 0 Å². The molecule has 0 saturated heterocycles. The van der Waals surface area contributed by atoms with E-state index in [4.69, 9.17) is 0 Å². The minimum absolute atomic E-state index is 0.252. The van der Waals surface area contributed by atoms with E-state index in [0.29, 0.717) is 11.3 Å². The first-order valence-corrected chi connectivity index (χ1v) is 4.46. The number of aliphatic imine (C=N–C) groups is 1. The third-order valence-corrected chi connectivity index (χ3v) is 2.44. The summed E-state index contributed by atoms with van der Waals surface area (Å²) in [5.41, 5.74) is 0.983. The first-order chi connectivity index (χ1) is 7.15. The number of hydrogen-bond donors (Lipinski definition) is 0. The fraction of sp³-hybridized carbons (Fsp3) is 0.300. The Labute approximate surface area is 86.7 Å². The van der Waals surface area contributed by atoms with E-state index in [2.05, 4.69) is 9.73 Å². The second-order valence-electron chi connectivity index (χ2n) is 3.32. The molecular formula is C10H10N2O3. The zero-order valence-electron chi connectivity index (χ0n) is 8.43. The predicted molar refractivity (Wildman–Crippen MR) is 52.9 cm³/mol. The number of rotatable bonds is 1. The molecule has 2 aliphatic rings. The van der Waals surface area contributed by atoms with E-state index in [-0.39, 0.29) is 5.91 Å². The molecular weight excluding hydrogens is 196 g/mol. The lowest BCUT2D eigenvalue weighted by Crippen LogP contribution is -2.26. The number of methoxy groups -OCH3 is 1. The highest BCUT2D eigenvalue weighted by Crippen LogP contribution is 2.30. The Bertz CT molecular complexity index is 420. The van der Waals surface area contributed by atoms with E-state index < -0.39 is 11.9 Å². The van der Waals surface area contributed by atoms with Gasteiger partial charge in [-0.3, -0.25) is 4.79 Å². The molecule has 5 heteroatoms. The number of fused-ring (bicyclic) bond motifs is 1. The van der Waals surface area contributed by atoms with Crippen molar-refractivity contribution >= 4 is 18.1 Å². The summed E-state index contributed by atoms with van der Waals surface area (Å²) >= 11 is 0. The average Bonchev–Trinajstić information content (AvgIpc) is 2.62. The summed E-state index contributed by atoms with van der Waals surface area (Å²) in [6.07, 6.45) is 4.73. The smallest absolute Gasteiger partial charge is 0.341 e. The molecule has 0 bridgehead atoms. The van der Waals surface area contributed by atoms with Crippen molar-refractivity contribution in [2.75, 3.05) is 14.2 Å². The van der Waals surface area contributed by atoms with Crippen LogP contribution in [0.2, 0.25) is 0 Å². The fourth-order valence-corrected chi connectivity index (χ4v) is 1.70. The van der Waals surface area contributed by atoms with Crippen LogP contribution in [0, 0.1) is 5.92 Å². The standard InChI is InChI=1S/C10H10N2O3/c1-12-4-3-6-8(12)7(10(14)15-2)5-11-9(6)13/h3-6H,1-2H3. The molecule has 5 nitrogen and oxygen atoms in total. The van der Waals surface area contributed by atoms with Crippen LogP contribution in [0.25, 0.3) is 0 Å². The number of dihydropyridines is 1. The van der Waals surface area contributed by atoms with Crippen LogP contribution in [-0.4, -0.2) is 37.1 Å². The van der Waals surface area contributed by atoms with Gasteiger partial charge in [0.2, 0.25) is 0 Å². The van der Waals surface area contributed by atoms with Crippen molar-refractivity contribution in [3.8, 4) is 0 Å². The molecule has 2 heterocycles. The van der Waals surface area contributed by atoms with Crippen LogP contribution < -0.4 is 0 Å². The van der Waals surface area contributed by atoms with Crippen molar-refractivity contribution in [3.05, 3.63) is 23.5 Å². The number of carbonyl (C=O) groups excluding carboxylic acids is 2. The Morgan fingerprint density at radius 2 is 2.33 bits per heavy atom. The third kappa shape index (κ3) is 1.36. The Morgan fingerprint density at radius 1 is 1.60 bits per heavy atom.